The van der Waals surface area contributed by atoms with Gasteiger partial charge in [-0.2, -0.15) is 0 Å². The summed E-state index contributed by atoms with van der Waals surface area (Å²) < 4.78 is 5.45. The van der Waals surface area contributed by atoms with Gasteiger partial charge < -0.3 is 9.32 Å². The number of hydrogen-bond acceptors (Lipinski definition) is 4. The van der Waals surface area contributed by atoms with E-state index in [9.17, 15) is 0 Å². The first kappa shape index (κ1) is 7.73. The van der Waals surface area contributed by atoms with E-state index in [1.165, 1.54) is 12.8 Å². The summed E-state index contributed by atoms with van der Waals surface area (Å²) in [6.07, 6.45) is 2.42. The van der Waals surface area contributed by atoms with Gasteiger partial charge in [0.25, 0.3) is 0 Å². The van der Waals surface area contributed by atoms with Crippen LogP contribution in [0.2, 0.25) is 0 Å². The van der Waals surface area contributed by atoms with Crippen LogP contribution in [0.25, 0.3) is 0 Å². The van der Waals surface area contributed by atoms with Crippen LogP contribution in [-0.4, -0.2) is 29.2 Å². The molecule has 1 saturated carbocycles. The largest absolute Gasteiger partial charge is 0.424 e. The van der Waals surface area contributed by atoms with Crippen molar-refractivity contribution in [3.05, 3.63) is 11.8 Å². The lowest BCUT2D eigenvalue weighted by Crippen LogP contribution is -2.10. The fourth-order valence-electron chi connectivity index (χ4n) is 1.10. The minimum absolute atomic E-state index is 0.563. The molecule has 0 aromatic carbocycles. The monoisotopic (exact) mass is 167 g/mol. The van der Waals surface area contributed by atoms with E-state index < -0.39 is 0 Å². The van der Waals surface area contributed by atoms with Gasteiger partial charge in [0, 0.05) is 5.92 Å². The third-order valence-electron chi connectivity index (χ3n) is 1.86. The first-order valence-electron chi connectivity index (χ1n) is 4.22. The molecule has 1 heterocycles. The Morgan fingerprint density at radius 3 is 2.75 bits per heavy atom. The third kappa shape index (κ3) is 1.64. The number of nitrogens with zero attached hydrogens (tertiary/aromatic N) is 3. The predicted octanol–water partition coefficient (Wildman–Crippen LogP) is 1.01. The Bertz CT molecular complexity index is 265. The van der Waals surface area contributed by atoms with E-state index in [4.69, 9.17) is 4.42 Å². The highest BCUT2D eigenvalue weighted by atomic mass is 16.4. The molecule has 4 nitrogen and oxygen atoms in total. The van der Waals surface area contributed by atoms with Gasteiger partial charge in [0.05, 0.1) is 6.54 Å². The molecule has 1 aliphatic carbocycles. The standard InChI is InChI=1S/C8H13N3O/c1-11(2)5-7-9-10-8(12-7)6-3-4-6/h6H,3-5H2,1-2H3. The molecule has 1 aliphatic rings. The molecule has 4 heteroatoms. The zero-order valence-corrected chi connectivity index (χ0v) is 7.45. The molecular formula is C8H13N3O. The van der Waals surface area contributed by atoms with Crippen molar-refractivity contribution in [1.29, 1.82) is 0 Å². The fourth-order valence-corrected chi connectivity index (χ4v) is 1.10. The van der Waals surface area contributed by atoms with Crippen LogP contribution in [0.15, 0.2) is 4.42 Å². The van der Waals surface area contributed by atoms with E-state index in [-0.39, 0.29) is 0 Å². The smallest absolute Gasteiger partial charge is 0.230 e. The predicted molar refractivity (Wildman–Crippen MR) is 43.7 cm³/mol. The molecule has 0 amide bonds. The molecule has 0 radical (unpaired) electrons. The van der Waals surface area contributed by atoms with Gasteiger partial charge in [-0.25, -0.2) is 0 Å². The van der Waals surface area contributed by atoms with E-state index in [1.54, 1.807) is 0 Å². The summed E-state index contributed by atoms with van der Waals surface area (Å²) in [6.45, 7) is 0.736. The van der Waals surface area contributed by atoms with Gasteiger partial charge >= 0.3 is 0 Å². The summed E-state index contributed by atoms with van der Waals surface area (Å²) >= 11 is 0. The second kappa shape index (κ2) is 2.86. The molecule has 0 unspecified atom stereocenters. The minimum Gasteiger partial charge on any atom is -0.424 e. The Morgan fingerprint density at radius 1 is 1.42 bits per heavy atom. The van der Waals surface area contributed by atoms with Crippen molar-refractivity contribution in [1.82, 2.24) is 15.1 Å². The second-order valence-electron chi connectivity index (χ2n) is 3.55. The zero-order valence-electron chi connectivity index (χ0n) is 7.45. The van der Waals surface area contributed by atoms with Crippen LogP contribution in [0.3, 0.4) is 0 Å². The van der Waals surface area contributed by atoms with E-state index in [1.807, 2.05) is 19.0 Å². The number of aromatic nitrogens is 2. The van der Waals surface area contributed by atoms with Gasteiger partial charge in [-0.15, -0.1) is 10.2 Å². The number of hydrogen-bond donors (Lipinski definition) is 0. The molecule has 0 bridgehead atoms. The van der Waals surface area contributed by atoms with Gasteiger partial charge in [-0.1, -0.05) is 0 Å². The Kier molecular flexibility index (Phi) is 1.84. The quantitative estimate of drug-likeness (QED) is 0.673. The van der Waals surface area contributed by atoms with Crippen LogP contribution < -0.4 is 0 Å². The molecule has 1 fully saturated rings. The molecule has 0 spiro atoms. The van der Waals surface area contributed by atoms with Crippen molar-refractivity contribution in [3.8, 4) is 0 Å². The summed E-state index contributed by atoms with van der Waals surface area (Å²) in [7, 11) is 3.97. The van der Waals surface area contributed by atoms with Crippen LogP contribution >= 0.6 is 0 Å². The zero-order chi connectivity index (χ0) is 8.55. The Morgan fingerprint density at radius 2 is 2.17 bits per heavy atom. The molecule has 1 aromatic rings. The van der Waals surface area contributed by atoms with E-state index in [2.05, 4.69) is 10.2 Å². The lowest BCUT2D eigenvalue weighted by molar-refractivity contribution is 0.332. The van der Waals surface area contributed by atoms with E-state index >= 15 is 0 Å². The van der Waals surface area contributed by atoms with Crippen LogP contribution in [0.4, 0.5) is 0 Å². The summed E-state index contributed by atoms with van der Waals surface area (Å²) in [4.78, 5) is 2.02. The van der Waals surface area contributed by atoms with Crippen molar-refractivity contribution in [3.63, 3.8) is 0 Å². The van der Waals surface area contributed by atoms with Crippen LogP contribution in [0.1, 0.15) is 30.5 Å². The molecule has 0 saturated heterocycles. The highest BCUT2D eigenvalue weighted by Crippen LogP contribution is 2.38. The maximum Gasteiger partial charge on any atom is 0.230 e. The lowest BCUT2D eigenvalue weighted by atomic mass is 10.4. The SMILES string of the molecule is CN(C)Cc1nnc(C2CC2)o1. The van der Waals surface area contributed by atoms with Crippen LogP contribution in [0.5, 0.6) is 0 Å². The lowest BCUT2D eigenvalue weighted by Gasteiger charge is -2.03. The summed E-state index contributed by atoms with van der Waals surface area (Å²) in [6, 6.07) is 0. The fraction of sp³-hybridized carbons (Fsp3) is 0.750. The maximum atomic E-state index is 5.45. The molecule has 2 rings (SSSR count). The minimum atomic E-state index is 0.563. The van der Waals surface area contributed by atoms with E-state index in [0.717, 1.165) is 18.3 Å². The third-order valence-corrected chi connectivity index (χ3v) is 1.86. The van der Waals surface area contributed by atoms with E-state index in [0.29, 0.717) is 5.92 Å². The average Bonchev–Trinajstić information content (AvgIpc) is 2.73. The van der Waals surface area contributed by atoms with Crippen LogP contribution in [0, 0.1) is 0 Å². The van der Waals surface area contributed by atoms with Gasteiger partial charge in [-0.05, 0) is 26.9 Å². The normalized spacial score (nSPS) is 17.2. The molecule has 0 aliphatic heterocycles. The molecule has 0 N–H and O–H groups in total. The Labute approximate surface area is 71.6 Å². The first-order chi connectivity index (χ1) is 5.75. The van der Waals surface area contributed by atoms with Crippen LogP contribution in [-0.2, 0) is 6.54 Å². The summed E-state index contributed by atoms with van der Waals surface area (Å²) in [5.74, 6) is 2.11. The topological polar surface area (TPSA) is 42.2 Å². The average molecular weight is 167 g/mol. The Hall–Kier alpha value is -0.900. The summed E-state index contributed by atoms with van der Waals surface area (Å²) in [5, 5.41) is 7.95. The van der Waals surface area contributed by atoms with Gasteiger partial charge in [0.1, 0.15) is 0 Å². The Balaban J connectivity index is 2.03. The van der Waals surface area contributed by atoms with Crippen molar-refractivity contribution >= 4 is 0 Å². The molecular weight excluding hydrogens is 154 g/mol. The second-order valence-corrected chi connectivity index (χ2v) is 3.55. The highest BCUT2D eigenvalue weighted by molar-refractivity contribution is 4.99. The van der Waals surface area contributed by atoms with Gasteiger partial charge in [-0.3, -0.25) is 0 Å². The molecule has 0 atom stereocenters. The molecule has 66 valence electrons. The first-order valence-corrected chi connectivity index (χ1v) is 4.22. The summed E-state index contributed by atoms with van der Waals surface area (Å²) in [5.41, 5.74) is 0. The molecule has 1 aromatic heterocycles. The van der Waals surface area contributed by atoms with Crippen molar-refractivity contribution in [2.75, 3.05) is 14.1 Å². The van der Waals surface area contributed by atoms with Crippen molar-refractivity contribution < 1.29 is 4.42 Å². The maximum absolute atomic E-state index is 5.45. The molecule has 12 heavy (non-hydrogen) atoms. The highest BCUT2D eigenvalue weighted by Gasteiger charge is 2.29. The number of rotatable bonds is 3. The van der Waals surface area contributed by atoms with Gasteiger partial charge in [0.2, 0.25) is 11.8 Å². The van der Waals surface area contributed by atoms with Crippen molar-refractivity contribution in [2.24, 2.45) is 0 Å². The van der Waals surface area contributed by atoms with Gasteiger partial charge in [0.15, 0.2) is 0 Å². The van der Waals surface area contributed by atoms with Crippen molar-refractivity contribution in [2.45, 2.75) is 25.3 Å².